The van der Waals surface area contributed by atoms with E-state index in [1.807, 2.05) is 12.1 Å². The van der Waals surface area contributed by atoms with Gasteiger partial charge in [-0.2, -0.15) is 5.26 Å². The van der Waals surface area contributed by atoms with E-state index in [1.54, 1.807) is 6.08 Å². The van der Waals surface area contributed by atoms with Gasteiger partial charge in [0.25, 0.3) is 0 Å². The zero-order chi connectivity index (χ0) is 6.04. The molecule has 1 aliphatic carbocycles. The SMILES string of the molecule is CC1(C=CC#N)CC1. The van der Waals surface area contributed by atoms with Crippen molar-refractivity contribution in [2.75, 3.05) is 0 Å². The summed E-state index contributed by atoms with van der Waals surface area (Å²) < 4.78 is 0. The molecule has 0 aromatic rings. The fourth-order valence-corrected chi connectivity index (χ4v) is 0.602. The molecule has 42 valence electrons. The Balaban J connectivity index is 2.41. The summed E-state index contributed by atoms with van der Waals surface area (Å²) in [5, 5.41) is 8.12. The van der Waals surface area contributed by atoms with Gasteiger partial charge in [-0.25, -0.2) is 0 Å². The number of rotatable bonds is 1. The summed E-state index contributed by atoms with van der Waals surface area (Å²) in [4.78, 5) is 0. The van der Waals surface area contributed by atoms with Gasteiger partial charge in [0, 0.05) is 6.08 Å². The Morgan fingerprint density at radius 3 is 2.62 bits per heavy atom. The van der Waals surface area contributed by atoms with E-state index in [2.05, 4.69) is 6.92 Å². The number of nitriles is 1. The lowest BCUT2D eigenvalue weighted by Crippen LogP contribution is -1.81. The molecule has 0 heterocycles. The minimum Gasteiger partial charge on any atom is -0.193 e. The van der Waals surface area contributed by atoms with Gasteiger partial charge >= 0.3 is 0 Å². The fraction of sp³-hybridized carbons (Fsp3) is 0.571. The van der Waals surface area contributed by atoms with E-state index in [1.165, 1.54) is 12.8 Å². The Labute approximate surface area is 49.6 Å². The van der Waals surface area contributed by atoms with Crippen LogP contribution in [0.3, 0.4) is 0 Å². The first-order chi connectivity index (χ1) is 3.77. The van der Waals surface area contributed by atoms with E-state index in [0.29, 0.717) is 5.41 Å². The van der Waals surface area contributed by atoms with Crippen LogP contribution in [0.1, 0.15) is 19.8 Å². The average Bonchev–Trinajstić information content (AvgIpc) is 2.45. The van der Waals surface area contributed by atoms with Crippen LogP contribution in [-0.2, 0) is 0 Å². The predicted octanol–water partition coefficient (Wildman–Crippen LogP) is 1.87. The molecular weight excluding hydrogens is 98.1 g/mol. The molecule has 1 aliphatic rings. The van der Waals surface area contributed by atoms with Gasteiger partial charge in [-0.15, -0.1) is 0 Å². The van der Waals surface area contributed by atoms with Gasteiger partial charge in [0.1, 0.15) is 0 Å². The monoisotopic (exact) mass is 107 g/mol. The van der Waals surface area contributed by atoms with Crippen molar-refractivity contribution in [2.24, 2.45) is 5.41 Å². The van der Waals surface area contributed by atoms with Crippen LogP contribution < -0.4 is 0 Å². The van der Waals surface area contributed by atoms with Crippen LogP contribution in [0, 0.1) is 16.7 Å². The maximum atomic E-state index is 8.12. The summed E-state index contributed by atoms with van der Waals surface area (Å²) >= 11 is 0. The third kappa shape index (κ3) is 1.10. The van der Waals surface area contributed by atoms with Gasteiger partial charge < -0.3 is 0 Å². The molecule has 8 heavy (non-hydrogen) atoms. The second kappa shape index (κ2) is 1.63. The van der Waals surface area contributed by atoms with Crippen molar-refractivity contribution in [3.8, 4) is 6.07 Å². The van der Waals surface area contributed by atoms with Gasteiger partial charge in [0.2, 0.25) is 0 Å². The molecule has 1 rings (SSSR count). The van der Waals surface area contributed by atoms with E-state index >= 15 is 0 Å². The Morgan fingerprint density at radius 2 is 2.25 bits per heavy atom. The van der Waals surface area contributed by atoms with E-state index in [0.717, 1.165) is 0 Å². The maximum absolute atomic E-state index is 8.12. The smallest absolute Gasteiger partial charge is 0.0908 e. The molecule has 0 saturated heterocycles. The van der Waals surface area contributed by atoms with Gasteiger partial charge in [0.05, 0.1) is 6.07 Å². The summed E-state index contributed by atoms with van der Waals surface area (Å²) in [7, 11) is 0. The fourth-order valence-electron chi connectivity index (χ4n) is 0.602. The highest BCUT2D eigenvalue weighted by Gasteiger charge is 2.33. The normalized spacial score (nSPS) is 23.0. The van der Waals surface area contributed by atoms with Gasteiger partial charge in [0.15, 0.2) is 0 Å². The lowest BCUT2D eigenvalue weighted by molar-refractivity contribution is 0.748. The summed E-state index contributed by atoms with van der Waals surface area (Å²) in [6.07, 6.45) is 6.08. The van der Waals surface area contributed by atoms with Crippen molar-refractivity contribution < 1.29 is 0 Å². The Kier molecular flexibility index (Phi) is 1.09. The van der Waals surface area contributed by atoms with Crippen molar-refractivity contribution in [3.63, 3.8) is 0 Å². The largest absolute Gasteiger partial charge is 0.193 e. The van der Waals surface area contributed by atoms with Crippen molar-refractivity contribution in [2.45, 2.75) is 19.8 Å². The van der Waals surface area contributed by atoms with Gasteiger partial charge in [-0.05, 0) is 18.3 Å². The molecule has 0 radical (unpaired) electrons. The zero-order valence-electron chi connectivity index (χ0n) is 5.02. The Bertz CT molecular complexity index is 146. The van der Waals surface area contributed by atoms with Crippen LogP contribution in [0.5, 0.6) is 0 Å². The van der Waals surface area contributed by atoms with E-state index in [9.17, 15) is 0 Å². The molecule has 0 aromatic carbocycles. The Hall–Kier alpha value is -0.770. The zero-order valence-corrected chi connectivity index (χ0v) is 5.02. The summed E-state index contributed by atoms with van der Waals surface area (Å²) in [5.41, 5.74) is 0.399. The van der Waals surface area contributed by atoms with Gasteiger partial charge in [-0.1, -0.05) is 13.0 Å². The molecular formula is C7H9N. The first-order valence-corrected chi connectivity index (χ1v) is 2.84. The van der Waals surface area contributed by atoms with Gasteiger partial charge in [-0.3, -0.25) is 0 Å². The van der Waals surface area contributed by atoms with Crippen molar-refractivity contribution in [1.82, 2.24) is 0 Å². The highest BCUT2D eigenvalue weighted by atomic mass is 14.4. The van der Waals surface area contributed by atoms with E-state index in [4.69, 9.17) is 5.26 Å². The topological polar surface area (TPSA) is 23.8 Å². The third-order valence-electron chi connectivity index (χ3n) is 1.60. The third-order valence-corrected chi connectivity index (χ3v) is 1.60. The maximum Gasteiger partial charge on any atom is 0.0908 e. The molecule has 0 spiro atoms. The van der Waals surface area contributed by atoms with Crippen LogP contribution in [-0.4, -0.2) is 0 Å². The van der Waals surface area contributed by atoms with Crippen LogP contribution >= 0.6 is 0 Å². The molecule has 0 amide bonds. The van der Waals surface area contributed by atoms with Crippen LogP contribution in [0.4, 0.5) is 0 Å². The van der Waals surface area contributed by atoms with Crippen LogP contribution in [0.25, 0.3) is 0 Å². The van der Waals surface area contributed by atoms with Crippen molar-refractivity contribution in [1.29, 1.82) is 5.26 Å². The minimum atomic E-state index is 0.399. The lowest BCUT2D eigenvalue weighted by atomic mass is 10.1. The molecule has 1 saturated carbocycles. The minimum absolute atomic E-state index is 0.399. The van der Waals surface area contributed by atoms with E-state index < -0.39 is 0 Å². The second-order valence-corrected chi connectivity index (χ2v) is 2.62. The molecule has 1 nitrogen and oxygen atoms in total. The number of hydrogen-bond donors (Lipinski definition) is 0. The molecule has 1 fully saturated rings. The number of allylic oxidation sites excluding steroid dienone is 2. The van der Waals surface area contributed by atoms with Crippen LogP contribution in [0.15, 0.2) is 12.2 Å². The highest BCUT2D eigenvalue weighted by molar-refractivity contribution is 5.13. The molecule has 0 N–H and O–H groups in total. The molecule has 0 bridgehead atoms. The summed E-state index contributed by atoms with van der Waals surface area (Å²) in [5.74, 6) is 0. The van der Waals surface area contributed by atoms with Crippen LogP contribution in [0.2, 0.25) is 0 Å². The molecule has 0 aromatic heterocycles. The highest BCUT2D eigenvalue weighted by Crippen LogP contribution is 2.46. The Morgan fingerprint density at radius 1 is 1.62 bits per heavy atom. The molecule has 1 heteroatoms. The predicted molar refractivity (Wildman–Crippen MR) is 32.1 cm³/mol. The lowest BCUT2D eigenvalue weighted by Gasteiger charge is -1.92. The molecule has 0 aliphatic heterocycles. The average molecular weight is 107 g/mol. The molecule has 0 atom stereocenters. The van der Waals surface area contributed by atoms with Crippen molar-refractivity contribution in [3.05, 3.63) is 12.2 Å². The quantitative estimate of drug-likeness (QED) is 0.469. The standard InChI is InChI=1S/C7H9N/c1-7(4-5-7)3-2-6-8/h2-3H,4-5H2,1H3. The van der Waals surface area contributed by atoms with Crippen molar-refractivity contribution >= 4 is 0 Å². The molecule has 0 unspecified atom stereocenters. The second-order valence-electron chi connectivity index (χ2n) is 2.62. The summed E-state index contributed by atoms with van der Waals surface area (Å²) in [6.45, 7) is 2.17. The first kappa shape index (κ1) is 5.37. The first-order valence-electron chi connectivity index (χ1n) is 2.84. The number of nitrogens with zero attached hydrogens (tertiary/aromatic N) is 1. The number of hydrogen-bond acceptors (Lipinski definition) is 1. The summed E-state index contributed by atoms with van der Waals surface area (Å²) in [6, 6.07) is 1.98. The van der Waals surface area contributed by atoms with E-state index in [-0.39, 0.29) is 0 Å².